The SMILES string of the molecule is C=C(C)Cn1cnc2ccsc2c1=O. The Balaban J connectivity index is 2.62. The average Bonchev–Trinajstić information content (AvgIpc) is 2.57. The zero-order chi connectivity index (χ0) is 10.1. The van der Waals surface area contributed by atoms with Gasteiger partial charge in [0.2, 0.25) is 0 Å². The molecular weight excluding hydrogens is 196 g/mol. The zero-order valence-electron chi connectivity index (χ0n) is 7.86. The maximum atomic E-state index is 11.8. The molecule has 4 heteroatoms. The fourth-order valence-corrected chi connectivity index (χ4v) is 2.07. The van der Waals surface area contributed by atoms with Crippen LogP contribution in [0.15, 0.2) is 34.7 Å². The first-order chi connectivity index (χ1) is 6.68. The number of aromatic nitrogens is 2. The van der Waals surface area contributed by atoms with Crippen molar-refractivity contribution in [1.29, 1.82) is 0 Å². The predicted molar refractivity (Wildman–Crippen MR) is 58.7 cm³/mol. The van der Waals surface area contributed by atoms with Crippen LogP contribution in [0.4, 0.5) is 0 Å². The average molecular weight is 206 g/mol. The topological polar surface area (TPSA) is 34.9 Å². The van der Waals surface area contributed by atoms with Crippen molar-refractivity contribution in [2.75, 3.05) is 0 Å². The lowest BCUT2D eigenvalue weighted by atomic mass is 10.3. The van der Waals surface area contributed by atoms with Gasteiger partial charge in [-0.3, -0.25) is 9.36 Å². The molecule has 0 N–H and O–H groups in total. The van der Waals surface area contributed by atoms with Gasteiger partial charge in [0, 0.05) is 6.54 Å². The second-order valence-corrected chi connectivity index (χ2v) is 4.19. The molecule has 2 rings (SSSR count). The van der Waals surface area contributed by atoms with E-state index >= 15 is 0 Å². The highest BCUT2D eigenvalue weighted by Crippen LogP contribution is 2.13. The standard InChI is InChI=1S/C10H10N2OS/c1-7(2)5-12-6-11-8-3-4-14-9(8)10(12)13/h3-4,6H,1,5H2,2H3. The number of fused-ring (bicyclic) bond motifs is 1. The highest BCUT2D eigenvalue weighted by molar-refractivity contribution is 7.17. The van der Waals surface area contributed by atoms with E-state index in [1.54, 1.807) is 10.9 Å². The van der Waals surface area contributed by atoms with E-state index < -0.39 is 0 Å². The summed E-state index contributed by atoms with van der Waals surface area (Å²) in [6, 6.07) is 1.85. The molecule has 2 heterocycles. The lowest BCUT2D eigenvalue weighted by Gasteiger charge is -2.03. The van der Waals surface area contributed by atoms with E-state index in [-0.39, 0.29) is 5.56 Å². The second-order valence-electron chi connectivity index (χ2n) is 3.27. The van der Waals surface area contributed by atoms with Crippen LogP contribution in [0.3, 0.4) is 0 Å². The largest absolute Gasteiger partial charge is 0.294 e. The normalized spacial score (nSPS) is 10.6. The molecule has 0 saturated heterocycles. The van der Waals surface area contributed by atoms with Crippen molar-refractivity contribution in [3.63, 3.8) is 0 Å². The van der Waals surface area contributed by atoms with Crippen LogP contribution in [-0.4, -0.2) is 9.55 Å². The molecular formula is C10H10N2OS. The Kier molecular flexibility index (Phi) is 2.21. The van der Waals surface area contributed by atoms with Gasteiger partial charge in [-0.1, -0.05) is 12.2 Å². The summed E-state index contributed by atoms with van der Waals surface area (Å²) in [4.78, 5) is 16.0. The van der Waals surface area contributed by atoms with Crippen LogP contribution in [-0.2, 0) is 6.54 Å². The van der Waals surface area contributed by atoms with Gasteiger partial charge in [-0.05, 0) is 18.4 Å². The molecule has 2 aromatic rings. The molecule has 0 aliphatic carbocycles. The number of allylic oxidation sites excluding steroid dienone is 1. The van der Waals surface area contributed by atoms with E-state index in [0.29, 0.717) is 11.2 Å². The number of thiophene rings is 1. The fraction of sp³-hybridized carbons (Fsp3) is 0.200. The Morgan fingerprint density at radius 2 is 2.50 bits per heavy atom. The minimum atomic E-state index is 0.0213. The monoisotopic (exact) mass is 206 g/mol. The van der Waals surface area contributed by atoms with Gasteiger partial charge in [-0.25, -0.2) is 4.98 Å². The molecule has 0 saturated carbocycles. The lowest BCUT2D eigenvalue weighted by Crippen LogP contribution is -2.19. The molecule has 14 heavy (non-hydrogen) atoms. The Hall–Kier alpha value is -1.42. The molecule has 2 aromatic heterocycles. The molecule has 0 spiro atoms. The minimum absolute atomic E-state index is 0.0213. The zero-order valence-corrected chi connectivity index (χ0v) is 8.67. The molecule has 0 fully saturated rings. The number of rotatable bonds is 2. The van der Waals surface area contributed by atoms with Crippen molar-refractivity contribution < 1.29 is 0 Å². The molecule has 3 nitrogen and oxygen atoms in total. The summed E-state index contributed by atoms with van der Waals surface area (Å²) in [6.45, 7) is 6.21. The van der Waals surface area contributed by atoms with Crippen molar-refractivity contribution in [2.45, 2.75) is 13.5 Å². The van der Waals surface area contributed by atoms with Crippen molar-refractivity contribution in [1.82, 2.24) is 9.55 Å². The quantitative estimate of drug-likeness (QED) is 0.705. The Bertz CT molecular complexity index is 538. The van der Waals surface area contributed by atoms with Gasteiger partial charge in [0.05, 0.1) is 11.8 Å². The minimum Gasteiger partial charge on any atom is -0.294 e. The molecule has 72 valence electrons. The van der Waals surface area contributed by atoms with E-state index in [2.05, 4.69) is 11.6 Å². The van der Waals surface area contributed by atoms with Crippen LogP contribution in [0.2, 0.25) is 0 Å². The third-order valence-corrected chi connectivity index (χ3v) is 2.77. The van der Waals surface area contributed by atoms with E-state index in [4.69, 9.17) is 0 Å². The Morgan fingerprint density at radius 1 is 1.71 bits per heavy atom. The van der Waals surface area contributed by atoms with Crippen LogP contribution in [0.1, 0.15) is 6.92 Å². The van der Waals surface area contributed by atoms with Crippen molar-refractivity contribution in [3.05, 3.63) is 40.3 Å². The Labute approximate surface area is 85.3 Å². The highest BCUT2D eigenvalue weighted by atomic mass is 32.1. The summed E-state index contributed by atoms with van der Waals surface area (Å²) in [5.41, 5.74) is 1.75. The van der Waals surface area contributed by atoms with E-state index in [1.165, 1.54) is 11.3 Å². The van der Waals surface area contributed by atoms with E-state index in [9.17, 15) is 4.79 Å². The third-order valence-electron chi connectivity index (χ3n) is 1.88. The first kappa shape index (κ1) is 9.15. The first-order valence-electron chi connectivity index (χ1n) is 4.25. The van der Waals surface area contributed by atoms with Crippen LogP contribution in [0.25, 0.3) is 10.2 Å². The summed E-state index contributed by atoms with van der Waals surface area (Å²) >= 11 is 1.43. The molecule has 0 bridgehead atoms. The fourth-order valence-electron chi connectivity index (χ4n) is 1.28. The number of nitrogens with zero attached hydrogens (tertiary/aromatic N) is 2. The van der Waals surface area contributed by atoms with Gasteiger partial charge in [-0.15, -0.1) is 11.3 Å². The van der Waals surface area contributed by atoms with E-state index in [0.717, 1.165) is 11.1 Å². The maximum Gasteiger partial charge on any atom is 0.271 e. The molecule has 0 unspecified atom stereocenters. The van der Waals surface area contributed by atoms with Crippen molar-refractivity contribution >= 4 is 21.6 Å². The van der Waals surface area contributed by atoms with Crippen LogP contribution in [0.5, 0.6) is 0 Å². The van der Waals surface area contributed by atoms with Crippen molar-refractivity contribution in [2.24, 2.45) is 0 Å². The second kappa shape index (κ2) is 3.38. The van der Waals surface area contributed by atoms with E-state index in [1.807, 2.05) is 18.4 Å². The Morgan fingerprint density at radius 3 is 3.21 bits per heavy atom. The summed E-state index contributed by atoms with van der Waals surface area (Å²) < 4.78 is 2.30. The van der Waals surface area contributed by atoms with Crippen molar-refractivity contribution in [3.8, 4) is 0 Å². The lowest BCUT2D eigenvalue weighted by molar-refractivity contribution is 0.740. The molecule has 0 radical (unpaired) electrons. The van der Waals surface area contributed by atoms with Gasteiger partial charge < -0.3 is 0 Å². The summed E-state index contributed by atoms with van der Waals surface area (Å²) in [6.07, 6.45) is 1.58. The van der Waals surface area contributed by atoms with Gasteiger partial charge in [0.15, 0.2) is 0 Å². The smallest absolute Gasteiger partial charge is 0.271 e. The predicted octanol–water partition coefficient (Wildman–Crippen LogP) is 2.03. The summed E-state index contributed by atoms with van der Waals surface area (Å²) in [5.74, 6) is 0. The summed E-state index contributed by atoms with van der Waals surface area (Å²) in [5, 5.41) is 1.88. The highest BCUT2D eigenvalue weighted by Gasteiger charge is 2.04. The van der Waals surface area contributed by atoms with Crippen LogP contribution < -0.4 is 5.56 Å². The first-order valence-corrected chi connectivity index (χ1v) is 5.13. The molecule has 0 aliphatic heterocycles. The maximum absolute atomic E-state index is 11.8. The third kappa shape index (κ3) is 1.48. The van der Waals surface area contributed by atoms with Crippen LogP contribution >= 0.6 is 11.3 Å². The van der Waals surface area contributed by atoms with Gasteiger partial charge in [0.1, 0.15) is 4.70 Å². The molecule has 0 atom stereocenters. The number of hydrogen-bond acceptors (Lipinski definition) is 3. The molecule has 0 amide bonds. The summed E-state index contributed by atoms with van der Waals surface area (Å²) in [7, 11) is 0. The van der Waals surface area contributed by atoms with Crippen LogP contribution in [0, 0.1) is 0 Å². The molecule has 0 aliphatic rings. The molecule has 0 aromatic carbocycles. The van der Waals surface area contributed by atoms with Gasteiger partial charge in [-0.2, -0.15) is 0 Å². The number of hydrogen-bond donors (Lipinski definition) is 0. The van der Waals surface area contributed by atoms with Gasteiger partial charge in [0.25, 0.3) is 5.56 Å². The van der Waals surface area contributed by atoms with Gasteiger partial charge >= 0.3 is 0 Å².